The largest absolute Gasteiger partial charge is 0.321 e. The number of amides is 1. The molecule has 1 aromatic heterocycles. The van der Waals surface area contributed by atoms with E-state index in [4.69, 9.17) is 0 Å². The van der Waals surface area contributed by atoms with Crippen LogP contribution >= 0.6 is 0 Å². The van der Waals surface area contributed by atoms with E-state index in [1.165, 1.54) is 0 Å². The molecule has 3 rings (SSSR count). The molecule has 0 aliphatic carbocycles. The summed E-state index contributed by atoms with van der Waals surface area (Å²) < 4.78 is 25.0. The number of carbonyl (C=O) groups excluding carboxylic acids is 1. The highest BCUT2D eigenvalue weighted by atomic mass is 32.2. The summed E-state index contributed by atoms with van der Waals surface area (Å²) in [5.41, 5.74) is 3.10. The fourth-order valence-electron chi connectivity index (χ4n) is 2.44. The van der Waals surface area contributed by atoms with E-state index in [1.807, 2.05) is 18.2 Å². The van der Waals surface area contributed by atoms with Crippen molar-refractivity contribution in [1.29, 1.82) is 0 Å². The lowest BCUT2D eigenvalue weighted by Crippen LogP contribution is -2.16. The summed E-state index contributed by atoms with van der Waals surface area (Å²) in [4.78, 5) is 21.2. The molecule has 138 valence electrons. The molecule has 0 aliphatic heterocycles. The van der Waals surface area contributed by atoms with Crippen molar-refractivity contribution < 1.29 is 13.2 Å². The number of aromatic nitrogens is 2. The lowest BCUT2D eigenvalue weighted by Gasteiger charge is -2.09. The Balaban J connectivity index is 1.85. The number of rotatable bonds is 5. The van der Waals surface area contributed by atoms with Gasteiger partial charge in [0.1, 0.15) is 5.69 Å². The van der Waals surface area contributed by atoms with Gasteiger partial charge in [-0.1, -0.05) is 30.3 Å². The molecule has 0 saturated heterocycles. The van der Waals surface area contributed by atoms with E-state index in [1.54, 1.807) is 49.5 Å². The normalized spacial score (nSPS) is 11.0. The molecule has 0 unspecified atom stereocenters. The highest BCUT2D eigenvalue weighted by Gasteiger charge is 2.14. The lowest BCUT2D eigenvalue weighted by atomic mass is 10.1. The van der Waals surface area contributed by atoms with E-state index in [0.29, 0.717) is 22.8 Å². The van der Waals surface area contributed by atoms with Crippen LogP contribution in [0.15, 0.2) is 60.8 Å². The molecular weight excluding hydrogens is 364 g/mol. The van der Waals surface area contributed by atoms with Crippen LogP contribution in [0.4, 0.5) is 11.4 Å². The number of hydrogen-bond donors (Lipinski definition) is 2. The first-order valence-electron chi connectivity index (χ1n) is 8.10. The fourth-order valence-corrected chi connectivity index (χ4v) is 3.00. The van der Waals surface area contributed by atoms with Crippen molar-refractivity contribution in [2.24, 2.45) is 0 Å². The Morgan fingerprint density at radius 2 is 1.63 bits per heavy atom. The van der Waals surface area contributed by atoms with E-state index in [-0.39, 0.29) is 11.6 Å². The molecule has 1 amide bonds. The molecule has 0 fully saturated rings. The fraction of sp³-hybridized carbons (Fsp3) is 0.105. The summed E-state index contributed by atoms with van der Waals surface area (Å²) in [5, 5.41) is 2.79. The third-order valence-electron chi connectivity index (χ3n) is 3.69. The van der Waals surface area contributed by atoms with Crippen molar-refractivity contribution in [3.63, 3.8) is 0 Å². The summed E-state index contributed by atoms with van der Waals surface area (Å²) >= 11 is 0. The summed E-state index contributed by atoms with van der Waals surface area (Å²) in [5.74, 6) is -0.344. The van der Waals surface area contributed by atoms with Crippen LogP contribution in [0.2, 0.25) is 0 Å². The molecular formula is C19H18N4O3S. The predicted octanol–water partition coefficient (Wildman–Crippen LogP) is 3.08. The molecule has 0 saturated carbocycles. The summed E-state index contributed by atoms with van der Waals surface area (Å²) in [6.45, 7) is 1.72. The van der Waals surface area contributed by atoms with Gasteiger partial charge in [-0.3, -0.25) is 14.5 Å². The monoisotopic (exact) mass is 382 g/mol. The maximum Gasteiger partial charge on any atom is 0.276 e. The highest BCUT2D eigenvalue weighted by Crippen LogP contribution is 2.21. The van der Waals surface area contributed by atoms with Gasteiger partial charge in [0.2, 0.25) is 10.0 Å². The first-order chi connectivity index (χ1) is 12.8. The van der Waals surface area contributed by atoms with Crippen molar-refractivity contribution in [3.8, 4) is 11.3 Å². The number of nitrogens with zero attached hydrogens (tertiary/aromatic N) is 2. The topological polar surface area (TPSA) is 101 Å². The first-order valence-corrected chi connectivity index (χ1v) is 9.99. The highest BCUT2D eigenvalue weighted by molar-refractivity contribution is 7.92. The number of hydrogen-bond acceptors (Lipinski definition) is 5. The second kappa shape index (κ2) is 7.55. The van der Waals surface area contributed by atoms with E-state index in [0.717, 1.165) is 11.8 Å². The second-order valence-electron chi connectivity index (χ2n) is 5.96. The maximum atomic E-state index is 12.5. The molecule has 3 aromatic rings. The van der Waals surface area contributed by atoms with E-state index >= 15 is 0 Å². The van der Waals surface area contributed by atoms with E-state index in [2.05, 4.69) is 20.0 Å². The predicted molar refractivity (Wildman–Crippen MR) is 105 cm³/mol. The number of aryl methyl sites for hydroxylation is 1. The summed E-state index contributed by atoms with van der Waals surface area (Å²) in [6, 6.07) is 15.8. The van der Waals surface area contributed by atoms with E-state index < -0.39 is 10.0 Å². The SMILES string of the molecule is Cc1ncc(-c2ccc(NS(C)(=O)=O)cc2)nc1C(=O)Nc1ccccc1. The minimum Gasteiger partial charge on any atom is -0.321 e. The average Bonchev–Trinajstić information content (AvgIpc) is 2.62. The molecule has 0 bridgehead atoms. The van der Waals surface area contributed by atoms with Crippen LogP contribution in [0.5, 0.6) is 0 Å². The number of carbonyl (C=O) groups is 1. The third kappa shape index (κ3) is 4.89. The Hall–Kier alpha value is -3.26. The summed E-state index contributed by atoms with van der Waals surface area (Å²) in [7, 11) is -3.34. The third-order valence-corrected chi connectivity index (χ3v) is 4.29. The van der Waals surface area contributed by atoms with Crippen LogP contribution in [0, 0.1) is 6.92 Å². The van der Waals surface area contributed by atoms with Crippen molar-refractivity contribution >= 4 is 27.3 Å². The van der Waals surface area contributed by atoms with Gasteiger partial charge in [0.15, 0.2) is 0 Å². The lowest BCUT2D eigenvalue weighted by molar-refractivity contribution is 0.102. The van der Waals surface area contributed by atoms with Gasteiger partial charge in [-0.2, -0.15) is 0 Å². The van der Waals surface area contributed by atoms with Gasteiger partial charge in [0.25, 0.3) is 5.91 Å². The van der Waals surface area contributed by atoms with Crippen LogP contribution < -0.4 is 10.0 Å². The summed E-state index contributed by atoms with van der Waals surface area (Å²) in [6.07, 6.45) is 2.66. The quantitative estimate of drug-likeness (QED) is 0.706. The zero-order valence-electron chi connectivity index (χ0n) is 14.8. The van der Waals surface area contributed by atoms with Crippen molar-refractivity contribution in [2.75, 3.05) is 16.3 Å². The Kier molecular flexibility index (Phi) is 5.18. The maximum absolute atomic E-state index is 12.5. The molecule has 0 radical (unpaired) electrons. The minimum absolute atomic E-state index is 0.231. The van der Waals surface area contributed by atoms with Gasteiger partial charge in [0.05, 0.1) is 23.8 Å². The van der Waals surface area contributed by atoms with Crippen LogP contribution in [0.3, 0.4) is 0 Å². The zero-order valence-corrected chi connectivity index (χ0v) is 15.6. The number of nitrogens with one attached hydrogen (secondary N) is 2. The van der Waals surface area contributed by atoms with Crippen LogP contribution in [0.1, 0.15) is 16.2 Å². The Morgan fingerprint density at radius 1 is 0.963 bits per heavy atom. The molecule has 0 spiro atoms. The number of sulfonamides is 1. The number of benzene rings is 2. The van der Waals surface area contributed by atoms with Gasteiger partial charge in [-0.15, -0.1) is 0 Å². The molecule has 2 aromatic carbocycles. The smallest absolute Gasteiger partial charge is 0.276 e. The average molecular weight is 382 g/mol. The minimum atomic E-state index is -3.34. The number of anilines is 2. The van der Waals surface area contributed by atoms with Crippen molar-refractivity contribution in [1.82, 2.24) is 9.97 Å². The van der Waals surface area contributed by atoms with Crippen LogP contribution in [0.25, 0.3) is 11.3 Å². The Morgan fingerprint density at radius 3 is 2.26 bits per heavy atom. The molecule has 0 atom stereocenters. The van der Waals surface area contributed by atoms with Crippen molar-refractivity contribution in [3.05, 3.63) is 72.2 Å². The molecule has 8 heteroatoms. The zero-order chi connectivity index (χ0) is 19.4. The van der Waals surface area contributed by atoms with Crippen LogP contribution in [-0.4, -0.2) is 30.5 Å². The van der Waals surface area contributed by atoms with Gasteiger partial charge >= 0.3 is 0 Å². The molecule has 0 aliphatic rings. The standard InChI is InChI=1S/C19H18N4O3S/c1-13-18(19(24)21-15-6-4-3-5-7-15)22-17(12-20-13)14-8-10-16(11-9-14)23-27(2,25)26/h3-12,23H,1-2H3,(H,21,24). The molecule has 7 nitrogen and oxygen atoms in total. The Bertz CT molecular complexity index is 1070. The molecule has 27 heavy (non-hydrogen) atoms. The van der Waals surface area contributed by atoms with Gasteiger partial charge < -0.3 is 5.32 Å². The van der Waals surface area contributed by atoms with Gasteiger partial charge in [0, 0.05) is 16.9 Å². The van der Waals surface area contributed by atoms with Gasteiger partial charge in [-0.25, -0.2) is 13.4 Å². The molecule has 2 N–H and O–H groups in total. The first kappa shape index (κ1) is 18.5. The van der Waals surface area contributed by atoms with Gasteiger partial charge in [-0.05, 0) is 31.2 Å². The second-order valence-corrected chi connectivity index (χ2v) is 7.71. The van der Waals surface area contributed by atoms with Crippen molar-refractivity contribution in [2.45, 2.75) is 6.92 Å². The van der Waals surface area contributed by atoms with Crippen LogP contribution in [-0.2, 0) is 10.0 Å². The van der Waals surface area contributed by atoms with E-state index in [9.17, 15) is 13.2 Å². The number of para-hydroxylation sites is 1. The Labute approximate surface area is 157 Å². The molecule has 1 heterocycles.